The second-order valence-corrected chi connectivity index (χ2v) is 6.60. The largest absolute Gasteiger partial charge is 0.351 e. The minimum Gasteiger partial charge on any atom is -0.351 e. The van der Waals surface area contributed by atoms with E-state index in [2.05, 4.69) is 32.8 Å². The molecule has 1 atom stereocenters. The first-order valence-corrected chi connectivity index (χ1v) is 8.70. The third kappa shape index (κ3) is 3.68. The number of piperidine rings is 1. The molecule has 0 aromatic carbocycles. The Bertz CT molecular complexity index is 657. The summed E-state index contributed by atoms with van der Waals surface area (Å²) < 4.78 is 2.00. The highest BCUT2D eigenvalue weighted by Crippen LogP contribution is 2.36. The van der Waals surface area contributed by atoms with Crippen LogP contribution in [0, 0.1) is 12.3 Å². The van der Waals surface area contributed by atoms with Gasteiger partial charge in [0.1, 0.15) is 5.69 Å². The van der Waals surface area contributed by atoms with Crippen LogP contribution in [0.25, 0.3) is 0 Å². The van der Waals surface area contributed by atoms with Crippen molar-refractivity contribution in [1.29, 1.82) is 0 Å². The topological polar surface area (TPSA) is 70.8 Å². The van der Waals surface area contributed by atoms with E-state index < -0.39 is 0 Å². The van der Waals surface area contributed by atoms with E-state index in [1.807, 2.05) is 17.7 Å². The summed E-state index contributed by atoms with van der Waals surface area (Å²) in [5.41, 5.74) is 1.53. The Hall–Kier alpha value is -2.13. The molecular formula is C18H25N5O. The van der Waals surface area contributed by atoms with E-state index in [0.29, 0.717) is 31.1 Å². The maximum Gasteiger partial charge on any atom is 0.267 e. The van der Waals surface area contributed by atoms with Crippen LogP contribution < -0.4 is 10.6 Å². The molecule has 1 unspecified atom stereocenters. The fraction of sp³-hybridized carbons (Fsp3) is 0.611. The van der Waals surface area contributed by atoms with Gasteiger partial charge >= 0.3 is 0 Å². The Balaban J connectivity index is 1.52. The summed E-state index contributed by atoms with van der Waals surface area (Å²) in [7, 11) is 1.96. The zero-order valence-electron chi connectivity index (χ0n) is 14.2. The molecular weight excluding hydrogens is 302 g/mol. The van der Waals surface area contributed by atoms with E-state index in [1.165, 1.54) is 18.5 Å². The Labute approximate surface area is 143 Å². The summed E-state index contributed by atoms with van der Waals surface area (Å²) in [5, 5.41) is 14.7. The molecule has 1 aromatic heterocycles. The number of nitrogens with one attached hydrogen (secondary N) is 2. The number of terminal acetylenes is 1. The van der Waals surface area contributed by atoms with E-state index >= 15 is 0 Å². The van der Waals surface area contributed by atoms with Crippen LogP contribution in [0.1, 0.15) is 60.7 Å². The van der Waals surface area contributed by atoms with Gasteiger partial charge in [-0.2, -0.15) is 10.2 Å². The Morgan fingerprint density at radius 2 is 2.29 bits per heavy atom. The van der Waals surface area contributed by atoms with Crippen LogP contribution in [0.15, 0.2) is 22.4 Å². The second kappa shape index (κ2) is 7.18. The molecule has 6 nitrogen and oxygen atoms in total. The Morgan fingerprint density at radius 3 is 2.96 bits per heavy atom. The number of carbonyl (C=O) groups excluding carboxylic acids is 1. The maximum atomic E-state index is 12.4. The van der Waals surface area contributed by atoms with E-state index in [-0.39, 0.29) is 11.6 Å². The van der Waals surface area contributed by atoms with Crippen LogP contribution in [0.4, 0.5) is 0 Å². The third-order valence-corrected chi connectivity index (χ3v) is 4.92. The molecule has 2 aliphatic heterocycles. The number of hydrogen-bond donors (Lipinski definition) is 2. The van der Waals surface area contributed by atoms with Gasteiger partial charge in [-0.3, -0.25) is 4.79 Å². The molecule has 3 heterocycles. The first kappa shape index (κ1) is 16.7. The van der Waals surface area contributed by atoms with E-state index in [0.717, 1.165) is 19.4 Å². The predicted octanol–water partition coefficient (Wildman–Crippen LogP) is 2.54. The van der Waals surface area contributed by atoms with Crippen molar-refractivity contribution in [3.05, 3.63) is 23.5 Å². The number of carbonyl (C=O) groups is 1. The van der Waals surface area contributed by atoms with E-state index in [9.17, 15) is 4.79 Å². The molecule has 1 fully saturated rings. The number of rotatable bonds is 7. The molecule has 0 saturated carbocycles. The zero-order chi connectivity index (χ0) is 17.0. The lowest BCUT2D eigenvalue weighted by Gasteiger charge is -2.24. The summed E-state index contributed by atoms with van der Waals surface area (Å²) in [6, 6.07) is 4.31. The fourth-order valence-corrected chi connectivity index (χ4v) is 3.34. The molecule has 128 valence electrons. The van der Waals surface area contributed by atoms with Crippen LogP contribution >= 0.6 is 0 Å². The van der Waals surface area contributed by atoms with E-state index in [1.54, 1.807) is 0 Å². The first-order valence-electron chi connectivity index (χ1n) is 8.70. The van der Waals surface area contributed by atoms with Crippen LogP contribution in [-0.2, 0) is 7.05 Å². The lowest BCUT2D eigenvalue weighted by Crippen LogP contribution is -2.31. The number of aromatic nitrogens is 1. The van der Waals surface area contributed by atoms with Gasteiger partial charge in [-0.05, 0) is 31.5 Å². The molecule has 0 radical (unpaired) electrons. The molecule has 0 spiro atoms. The minimum absolute atomic E-state index is 0.0488. The van der Waals surface area contributed by atoms with Gasteiger partial charge in [0, 0.05) is 44.6 Å². The average molecular weight is 327 g/mol. The quantitative estimate of drug-likeness (QED) is 0.756. The lowest BCUT2D eigenvalue weighted by atomic mass is 10.0. The highest BCUT2D eigenvalue weighted by Gasteiger charge is 2.38. The average Bonchev–Trinajstić information content (AvgIpc) is 3.27. The van der Waals surface area contributed by atoms with Crippen LogP contribution in [-0.4, -0.2) is 29.2 Å². The summed E-state index contributed by atoms with van der Waals surface area (Å²) in [6.45, 7) is 1.60. The maximum absolute atomic E-state index is 12.4. The molecule has 3 rings (SSSR count). The summed E-state index contributed by atoms with van der Waals surface area (Å²) in [6.07, 6.45) is 11.0. The summed E-state index contributed by atoms with van der Waals surface area (Å²) in [5.74, 6) is 2.56. The van der Waals surface area contributed by atoms with Gasteiger partial charge in [0.25, 0.3) is 5.91 Å². The van der Waals surface area contributed by atoms with Gasteiger partial charge in [0.2, 0.25) is 0 Å². The highest BCUT2D eigenvalue weighted by atomic mass is 16.1. The monoisotopic (exact) mass is 327 g/mol. The molecule has 0 bridgehead atoms. The van der Waals surface area contributed by atoms with Crippen molar-refractivity contribution in [2.75, 3.05) is 13.1 Å². The molecule has 2 N–H and O–H groups in total. The van der Waals surface area contributed by atoms with Crippen LogP contribution in [0.5, 0.6) is 0 Å². The van der Waals surface area contributed by atoms with Gasteiger partial charge < -0.3 is 15.2 Å². The van der Waals surface area contributed by atoms with E-state index in [4.69, 9.17) is 6.42 Å². The number of nitrogens with zero attached hydrogens (tertiary/aromatic N) is 3. The molecule has 1 saturated heterocycles. The molecule has 1 aromatic rings. The summed E-state index contributed by atoms with van der Waals surface area (Å²) >= 11 is 0. The van der Waals surface area contributed by atoms with Crippen LogP contribution in [0.3, 0.4) is 0 Å². The minimum atomic E-state index is -0.342. The highest BCUT2D eigenvalue weighted by molar-refractivity contribution is 5.92. The smallest absolute Gasteiger partial charge is 0.267 e. The van der Waals surface area contributed by atoms with Gasteiger partial charge in [-0.1, -0.05) is 6.42 Å². The van der Waals surface area contributed by atoms with Crippen molar-refractivity contribution in [3.63, 3.8) is 0 Å². The molecule has 6 heteroatoms. The molecule has 0 aliphatic carbocycles. The second-order valence-electron chi connectivity index (χ2n) is 6.60. The van der Waals surface area contributed by atoms with Gasteiger partial charge in [0.15, 0.2) is 5.66 Å². The van der Waals surface area contributed by atoms with Crippen LogP contribution in [0.2, 0.25) is 0 Å². The Morgan fingerprint density at radius 1 is 1.46 bits per heavy atom. The molecule has 2 aliphatic rings. The summed E-state index contributed by atoms with van der Waals surface area (Å²) in [4.78, 5) is 12.4. The third-order valence-electron chi connectivity index (χ3n) is 4.92. The standard InChI is InChI=1S/C18H25N5O/c1-3-4-10-18(21-22-18)11-13-20-17(24)16-9-8-15(23(16)2)14-7-5-6-12-19-14/h1,8-9,14,19H,4-7,10-13H2,2H3,(H,20,24). The SMILES string of the molecule is C#CCCC1(CCNC(=O)c2ccc(C3CCCCN3)n2C)N=N1. The van der Waals surface area contributed by atoms with Crippen molar-refractivity contribution in [1.82, 2.24) is 15.2 Å². The zero-order valence-corrected chi connectivity index (χ0v) is 14.2. The first-order chi connectivity index (χ1) is 11.7. The lowest BCUT2D eigenvalue weighted by molar-refractivity contribution is 0.0943. The van der Waals surface area contributed by atoms with Crippen molar-refractivity contribution < 1.29 is 4.79 Å². The van der Waals surface area contributed by atoms with Crippen molar-refractivity contribution in [2.24, 2.45) is 17.3 Å². The van der Waals surface area contributed by atoms with Crippen molar-refractivity contribution in [3.8, 4) is 12.3 Å². The Kier molecular flexibility index (Phi) is 5.00. The van der Waals surface area contributed by atoms with Crippen molar-refractivity contribution in [2.45, 2.75) is 50.2 Å². The van der Waals surface area contributed by atoms with Gasteiger partial charge in [0.05, 0.1) is 0 Å². The number of hydrogen-bond acceptors (Lipinski definition) is 4. The fourth-order valence-electron chi connectivity index (χ4n) is 3.34. The molecule has 24 heavy (non-hydrogen) atoms. The number of amides is 1. The molecule has 1 amide bonds. The normalized spacial score (nSPS) is 21.2. The predicted molar refractivity (Wildman–Crippen MR) is 92.6 cm³/mol. The van der Waals surface area contributed by atoms with Crippen molar-refractivity contribution >= 4 is 5.91 Å². The van der Waals surface area contributed by atoms with Gasteiger partial charge in [-0.15, -0.1) is 12.3 Å². The van der Waals surface area contributed by atoms with Gasteiger partial charge in [-0.25, -0.2) is 0 Å².